The van der Waals surface area contributed by atoms with Crippen molar-refractivity contribution in [3.8, 4) is 0 Å². The van der Waals surface area contributed by atoms with Gasteiger partial charge in [-0.05, 0) is 19.9 Å². The Morgan fingerprint density at radius 2 is 1.76 bits per heavy atom. The SMILES string of the molecule is CCOC(=O)CN(C)C(=O)c1cnccc1C(=O)c1ccc(C)cc1. The first kappa shape index (κ1) is 18.3. The molecule has 0 bridgehead atoms. The zero-order valence-electron chi connectivity index (χ0n) is 14.5. The largest absolute Gasteiger partial charge is 0.465 e. The van der Waals surface area contributed by atoms with E-state index in [0.717, 1.165) is 5.56 Å². The van der Waals surface area contributed by atoms with Crippen LogP contribution < -0.4 is 0 Å². The number of carbonyl (C=O) groups excluding carboxylic acids is 3. The third kappa shape index (κ3) is 4.50. The molecule has 0 aliphatic carbocycles. The molecule has 1 heterocycles. The van der Waals surface area contributed by atoms with Gasteiger partial charge < -0.3 is 9.64 Å². The third-order valence-electron chi connectivity index (χ3n) is 3.63. The minimum Gasteiger partial charge on any atom is -0.465 e. The van der Waals surface area contributed by atoms with Gasteiger partial charge in [-0.1, -0.05) is 29.8 Å². The molecule has 2 aromatic rings. The van der Waals surface area contributed by atoms with Gasteiger partial charge in [0.15, 0.2) is 5.78 Å². The Kier molecular flexibility index (Phi) is 6.00. The maximum absolute atomic E-state index is 12.7. The summed E-state index contributed by atoms with van der Waals surface area (Å²) in [5.74, 6) is -1.24. The molecule has 130 valence electrons. The molecule has 0 saturated carbocycles. The van der Waals surface area contributed by atoms with Crippen molar-refractivity contribution in [3.05, 3.63) is 65.0 Å². The van der Waals surface area contributed by atoms with Gasteiger partial charge in [0.25, 0.3) is 5.91 Å². The number of benzene rings is 1. The summed E-state index contributed by atoms with van der Waals surface area (Å²) in [5.41, 5.74) is 1.93. The highest BCUT2D eigenvalue weighted by Crippen LogP contribution is 2.16. The van der Waals surface area contributed by atoms with Crippen molar-refractivity contribution < 1.29 is 19.1 Å². The molecule has 0 saturated heterocycles. The number of nitrogens with zero attached hydrogens (tertiary/aromatic N) is 2. The Balaban J connectivity index is 2.28. The first-order valence-electron chi connectivity index (χ1n) is 7.90. The van der Waals surface area contributed by atoms with Crippen LogP contribution in [0.25, 0.3) is 0 Å². The van der Waals surface area contributed by atoms with E-state index in [1.807, 2.05) is 19.1 Å². The third-order valence-corrected chi connectivity index (χ3v) is 3.63. The quantitative estimate of drug-likeness (QED) is 0.595. The number of pyridine rings is 1. The van der Waals surface area contributed by atoms with Crippen molar-refractivity contribution in [3.63, 3.8) is 0 Å². The van der Waals surface area contributed by atoms with Crippen molar-refractivity contribution in [2.45, 2.75) is 13.8 Å². The number of likely N-dealkylation sites (N-methyl/N-ethyl adjacent to an activating group) is 1. The summed E-state index contributed by atoms with van der Waals surface area (Å²) in [5, 5.41) is 0. The fourth-order valence-electron chi connectivity index (χ4n) is 2.30. The first-order valence-corrected chi connectivity index (χ1v) is 7.90. The lowest BCUT2D eigenvalue weighted by atomic mass is 9.99. The minimum atomic E-state index is -0.506. The zero-order chi connectivity index (χ0) is 18.4. The number of hydrogen-bond donors (Lipinski definition) is 0. The summed E-state index contributed by atoms with van der Waals surface area (Å²) >= 11 is 0. The summed E-state index contributed by atoms with van der Waals surface area (Å²) < 4.78 is 4.84. The molecule has 6 nitrogen and oxygen atoms in total. The molecule has 0 unspecified atom stereocenters. The van der Waals surface area contributed by atoms with Gasteiger partial charge in [-0.2, -0.15) is 0 Å². The lowest BCUT2D eigenvalue weighted by molar-refractivity contribution is -0.143. The average molecular weight is 340 g/mol. The average Bonchev–Trinajstić information content (AvgIpc) is 2.61. The second-order valence-electron chi connectivity index (χ2n) is 5.58. The number of esters is 1. The Labute approximate surface area is 146 Å². The highest BCUT2D eigenvalue weighted by molar-refractivity contribution is 6.15. The molecule has 1 aromatic carbocycles. The van der Waals surface area contributed by atoms with E-state index >= 15 is 0 Å². The predicted octanol–water partition coefficient (Wildman–Crippen LogP) is 2.26. The maximum Gasteiger partial charge on any atom is 0.325 e. The van der Waals surface area contributed by atoms with Crippen LogP contribution in [0.3, 0.4) is 0 Å². The molecule has 25 heavy (non-hydrogen) atoms. The number of ketones is 1. The van der Waals surface area contributed by atoms with Crippen LogP contribution in [0.1, 0.15) is 38.8 Å². The van der Waals surface area contributed by atoms with Crippen LogP contribution in [-0.2, 0) is 9.53 Å². The summed E-state index contributed by atoms with van der Waals surface area (Å²) in [6.07, 6.45) is 2.80. The van der Waals surface area contributed by atoms with E-state index in [9.17, 15) is 14.4 Å². The van der Waals surface area contributed by atoms with E-state index in [4.69, 9.17) is 4.74 Å². The lowest BCUT2D eigenvalue weighted by Crippen LogP contribution is -2.34. The van der Waals surface area contributed by atoms with E-state index in [1.54, 1.807) is 19.1 Å². The smallest absolute Gasteiger partial charge is 0.325 e. The van der Waals surface area contributed by atoms with E-state index in [2.05, 4.69) is 4.98 Å². The summed E-state index contributed by atoms with van der Waals surface area (Å²) in [7, 11) is 1.48. The van der Waals surface area contributed by atoms with Gasteiger partial charge in [-0.3, -0.25) is 19.4 Å². The zero-order valence-corrected chi connectivity index (χ0v) is 14.5. The Morgan fingerprint density at radius 3 is 2.40 bits per heavy atom. The molecule has 0 N–H and O–H groups in total. The normalized spacial score (nSPS) is 10.2. The topological polar surface area (TPSA) is 76.6 Å². The van der Waals surface area contributed by atoms with Crippen molar-refractivity contribution in [2.24, 2.45) is 0 Å². The van der Waals surface area contributed by atoms with E-state index < -0.39 is 11.9 Å². The Hall–Kier alpha value is -3.02. The monoisotopic (exact) mass is 340 g/mol. The van der Waals surface area contributed by atoms with Crippen LogP contribution in [0.2, 0.25) is 0 Å². The molecule has 0 atom stereocenters. The number of aromatic nitrogens is 1. The number of ether oxygens (including phenoxy) is 1. The number of rotatable bonds is 6. The van der Waals surface area contributed by atoms with Gasteiger partial charge in [0.05, 0.1) is 12.2 Å². The Morgan fingerprint density at radius 1 is 1.08 bits per heavy atom. The fraction of sp³-hybridized carbons (Fsp3) is 0.263. The van der Waals surface area contributed by atoms with Crippen molar-refractivity contribution in [1.29, 1.82) is 0 Å². The first-order chi connectivity index (χ1) is 11.9. The molecule has 0 fully saturated rings. The molecule has 0 aliphatic rings. The molecule has 0 radical (unpaired) electrons. The predicted molar refractivity (Wildman–Crippen MR) is 92.4 cm³/mol. The second-order valence-corrected chi connectivity index (χ2v) is 5.58. The van der Waals surface area contributed by atoms with Gasteiger partial charge in [-0.15, -0.1) is 0 Å². The summed E-state index contributed by atoms with van der Waals surface area (Å²) in [6.45, 7) is 3.67. The molecule has 0 spiro atoms. The molecule has 2 rings (SSSR count). The van der Waals surface area contributed by atoms with Crippen LogP contribution >= 0.6 is 0 Å². The lowest BCUT2D eigenvalue weighted by Gasteiger charge is -2.17. The number of hydrogen-bond acceptors (Lipinski definition) is 5. The van der Waals surface area contributed by atoms with Gasteiger partial charge in [0, 0.05) is 30.6 Å². The van der Waals surface area contributed by atoms with Gasteiger partial charge in [0.1, 0.15) is 6.54 Å². The summed E-state index contributed by atoms with van der Waals surface area (Å²) in [4.78, 5) is 42.1. The van der Waals surface area contributed by atoms with Crippen LogP contribution in [0, 0.1) is 6.92 Å². The Bertz CT molecular complexity index is 784. The maximum atomic E-state index is 12.7. The molecule has 6 heteroatoms. The van der Waals surface area contributed by atoms with Crippen molar-refractivity contribution in [2.75, 3.05) is 20.2 Å². The van der Waals surface area contributed by atoms with E-state index in [0.29, 0.717) is 5.56 Å². The van der Waals surface area contributed by atoms with Crippen LogP contribution in [0.15, 0.2) is 42.7 Å². The van der Waals surface area contributed by atoms with E-state index in [1.165, 1.54) is 30.4 Å². The number of carbonyl (C=O) groups is 3. The molecular formula is C19H20N2O4. The second kappa shape index (κ2) is 8.19. The highest BCUT2D eigenvalue weighted by Gasteiger charge is 2.22. The molecule has 1 amide bonds. The number of aryl methyl sites for hydroxylation is 1. The highest BCUT2D eigenvalue weighted by atomic mass is 16.5. The molecule has 0 aliphatic heterocycles. The molecule has 1 aromatic heterocycles. The van der Waals surface area contributed by atoms with Crippen molar-refractivity contribution >= 4 is 17.7 Å². The summed E-state index contributed by atoms with van der Waals surface area (Å²) in [6, 6.07) is 8.61. The fourth-order valence-corrected chi connectivity index (χ4v) is 2.30. The number of amides is 1. The van der Waals surface area contributed by atoms with Gasteiger partial charge >= 0.3 is 5.97 Å². The molecular weight excluding hydrogens is 320 g/mol. The minimum absolute atomic E-state index is 0.153. The van der Waals surface area contributed by atoms with Gasteiger partial charge in [0.2, 0.25) is 0 Å². The van der Waals surface area contributed by atoms with Crippen LogP contribution in [0.4, 0.5) is 0 Å². The van der Waals surface area contributed by atoms with Crippen molar-refractivity contribution in [1.82, 2.24) is 9.88 Å². The van der Waals surface area contributed by atoms with Crippen LogP contribution in [0.5, 0.6) is 0 Å². The van der Waals surface area contributed by atoms with E-state index in [-0.39, 0.29) is 30.1 Å². The van der Waals surface area contributed by atoms with Gasteiger partial charge in [-0.25, -0.2) is 0 Å². The van der Waals surface area contributed by atoms with Crippen LogP contribution in [-0.4, -0.2) is 47.7 Å². The standard InChI is InChI=1S/C19H20N2O4/c1-4-25-17(22)12-21(3)19(24)16-11-20-10-9-15(16)18(23)14-7-5-13(2)6-8-14/h5-11H,4,12H2,1-3H3.